The second-order valence-corrected chi connectivity index (χ2v) is 7.57. The smallest absolute Gasteiger partial charge is 0.337 e. The predicted molar refractivity (Wildman–Crippen MR) is 101 cm³/mol. The lowest BCUT2D eigenvalue weighted by atomic mass is 9.67. The molecule has 28 heavy (non-hydrogen) atoms. The molecule has 0 unspecified atom stereocenters. The average molecular weight is 387 g/mol. The van der Waals surface area contributed by atoms with Crippen molar-refractivity contribution in [2.45, 2.75) is 39.0 Å². The Labute approximate surface area is 163 Å². The fourth-order valence-electron chi connectivity index (χ4n) is 4.11. The lowest BCUT2D eigenvalue weighted by Gasteiger charge is -2.36. The van der Waals surface area contributed by atoms with E-state index in [9.17, 15) is 19.2 Å². The highest BCUT2D eigenvalue weighted by Gasteiger charge is 2.41. The molecule has 2 aliphatic rings. The van der Waals surface area contributed by atoms with Crippen molar-refractivity contribution < 1.29 is 28.7 Å². The topological polar surface area (TPSA) is 98.8 Å². The molecule has 7 heteroatoms. The number of fused-ring (bicyclic) bond motifs is 2. The maximum atomic E-state index is 12.4. The maximum absolute atomic E-state index is 12.4. The van der Waals surface area contributed by atoms with Gasteiger partial charge in [0.15, 0.2) is 6.61 Å². The third kappa shape index (κ3) is 4.40. The number of ether oxygens (including phenoxy) is 2. The van der Waals surface area contributed by atoms with Gasteiger partial charge in [0.25, 0.3) is 5.91 Å². The van der Waals surface area contributed by atoms with Crippen molar-refractivity contribution in [2.75, 3.05) is 19.0 Å². The maximum Gasteiger partial charge on any atom is 0.337 e. The predicted octanol–water partition coefficient (Wildman–Crippen LogP) is 2.66. The van der Waals surface area contributed by atoms with Crippen LogP contribution in [0.1, 0.15) is 48.0 Å². The summed E-state index contributed by atoms with van der Waals surface area (Å²) in [6.07, 6.45) is 3.77. The summed E-state index contributed by atoms with van der Waals surface area (Å²) in [7, 11) is 1.28. The van der Waals surface area contributed by atoms with Gasteiger partial charge in [-0.3, -0.25) is 14.4 Å². The highest BCUT2D eigenvalue weighted by atomic mass is 16.5. The van der Waals surface area contributed by atoms with E-state index in [1.807, 2.05) is 0 Å². The average Bonchev–Trinajstić information content (AvgIpc) is 2.67. The van der Waals surface area contributed by atoms with Crippen LogP contribution in [0.4, 0.5) is 5.69 Å². The van der Waals surface area contributed by atoms with E-state index in [0.29, 0.717) is 24.1 Å². The quantitative estimate of drug-likeness (QED) is 0.780. The van der Waals surface area contributed by atoms with Crippen LogP contribution >= 0.6 is 0 Å². The Morgan fingerprint density at radius 3 is 2.46 bits per heavy atom. The standard InChI is InChI=1S/C21H25NO6/c1-12-6-7-15(20(25)27-2)10-17(12)22-18(23)11-28-21(26)16-8-13-4-3-5-14(9-16)19(13)24/h6-7,10,13-14,16H,3-5,8-9,11H2,1-2H3,(H,22,23)/t13-,14-/m1/s1. The number of rotatable bonds is 5. The largest absolute Gasteiger partial charge is 0.465 e. The van der Waals surface area contributed by atoms with Crippen LogP contribution in [0.15, 0.2) is 18.2 Å². The second kappa shape index (κ2) is 8.54. The number of esters is 2. The normalized spacial score (nSPS) is 23.6. The van der Waals surface area contributed by atoms with Gasteiger partial charge in [-0.1, -0.05) is 12.5 Å². The third-order valence-electron chi connectivity index (χ3n) is 5.66. The van der Waals surface area contributed by atoms with E-state index in [1.165, 1.54) is 13.2 Å². The monoisotopic (exact) mass is 387 g/mol. The third-order valence-corrected chi connectivity index (χ3v) is 5.66. The number of amides is 1. The van der Waals surface area contributed by atoms with E-state index in [4.69, 9.17) is 4.74 Å². The fourth-order valence-corrected chi connectivity index (χ4v) is 4.11. The summed E-state index contributed by atoms with van der Waals surface area (Å²) in [5.74, 6) is -1.51. The molecule has 0 saturated heterocycles. The van der Waals surface area contributed by atoms with E-state index < -0.39 is 24.5 Å². The van der Waals surface area contributed by atoms with Gasteiger partial charge < -0.3 is 14.8 Å². The van der Waals surface area contributed by atoms with Gasteiger partial charge in [-0.25, -0.2) is 4.79 Å². The first-order valence-electron chi connectivity index (χ1n) is 9.58. The minimum Gasteiger partial charge on any atom is -0.465 e. The summed E-state index contributed by atoms with van der Waals surface area (Å²) < 4.78 is 9.88. The summed E-state index contributed by atoms with van der Waals surface area (Å²) >= 11 is 0. The molecule has 1 N–H and O–H groups in total. The Hall–Kier alpha value is -2.70. The lowest BCUT2D eigenvalue weighted by Crippen LogP contribution is -2.40. The molecule has 1 aromatic carbocycles. The van der Waals surface area contributed by atoms with Crippen molar-refractivity contribution in [1.82, 2.24) is 0 Å². The molecule has 150 valence electrons. The molecule has 2 atom stereocenters. The molecule has 0 radical (unpaired) electrons. The molecule has 0 heterocycles. The summed E-state index contributed by atoms with van der Waals surface area (Å²) in [5.41, 5.74) is 1.55. The number of carbonyl (C=O) groups excluding carboxylic acids is 4. The van der Waals surface area contributed by atoms with Crippen LogP contribution in [-0.2, 0) is 23.9 Å². The molecule has 7 nitrogen and oxygen atoms in total. The molecule has 2 bridgehead atoms. The van der Waals surface area contributed by atoms with Gasteiger partial charge in [-0.05, 0) is 50.3 Å². The molecule has 2 saturated carbocycles. The number of ketones is 1. The Bertz CT molecular complexity index is 786. The SMILES string of the molecule is COC(=O)c1ccc(C)c(NC(=O)COC(=O)C2C[C@H]3CCC[C@H](C2)C3=O)c1. The first-order chi connectivity index (χ1) is 13.4. The number of Topliss-reactive ketones (excluding diaryl/α,β-unsaturated/α-hetero) is 1. The van der Waals surface area contributed by atoms with Crippen molar-refractivity contribution in [3.63, 3.8) is 0 Å². The molecule has 0 spiro atoms. The van der Waals surface area contributed by atoms with E-state index in [-0.39, 0.29) is 23.5 Å². The fraction of sp³-hybridized carbons (Fsp3) is 0.524. The zero-order valence-corrected chi connectivity index (χ0v) is 16.2. The Morgan fingerprint density at radius 2 is 1.82 bits per heavy atom. The van der Waals surface area contributed by atoms with Gasteiger partial charge in [0.2, 0.25) is 0 Å². The van der Waals surface area contributed by atoms with Gasteiger partial charge >= 0.3 is 11.9 Å². The van der Waals surface area contributed by atoms with Crippen LogP contribution in [-0.4, -0.2) is 37.3 Å². The van der Waals surface area contributed by atoms with Gasteiger partial charge in [-0.2, -0.15) is 0 Å². The van der Waals surface area contributed by atoms with Crippen LogP contribution in [0.25, 0.3) is 0 Å². The van der Waals surface area contributed by atoms with Crippen molar-refractivity contribution in [3.8, 4) is 0 Å². The van der Waals surface area contributed by atoms with Gasteiger partial charge in [-0.15, -0.1) is 0 Å². The van der Waals surface area contributed by atoms with Crippen molar-refractivity contribution >= 4 is 29.3 Å². The Morgan fingerprint density at radius 1 is 1.14 bits per heavy atom. The number of carbonyl (C=O) groups is 4. The Balaban J connectivity index is 1.54. The molecule has 3 rings (SSSR count). The zero-order valence-electron chi connectivity index (χ0n) is 16.2. The minimum atomic E-state index is -0.501. The second-order valence-electron chi connectivity index (χ2n) is 7.57. The van der Waals surface area contributed by atoms with Crippen LogP contribution < -0.4 is 5.32 Å². The number of hydrogen-bond acceptors (Lipinski definition) is 6. The summed E-state index contributed by atoms with van der Waals surface area (Å²) in [6.45, 7) is 1.39. The van der Waals surface area contributed by atoms with Crippen molar-refractivity contribution in [1.29, 1.82) is 0 Å². The molecular formula is C21H25NO6. The number of hydrogen-bond donors (Lipinski definition) is 1. The summed E-state index contributed by atoms with van der Waals surface area (Å²) in [4.78, 5) is 48.3. The molecule has 0 aliphatic heterocycles. The van der Waals surface area contributed by atoms with Crippen LogP contribution in [0, 0.1) is 24.7 Å². The molecule has 1 amide bonds. The van der Waals surface area contributed by atoms with Gasteiger partial charge in [0.1, 0.15) is 5.78 Å². The van der Waals surface area contributed by atoms with Crippen molar-refractivity contribution in [3.05, 3.63) is 29.3 Å². The number of aryl methyl sites for hydroxylation is 1. The van der Waals surface area contributed by atoms with Crippen LogP contribution in [0.3, 0.4) is 0 Å². The summed E-state index contributed by atoms with van der Waals surface area (Å²) in [5, 5.41) is 2.66. The molecular weight excluding hydrogens is 362 g/mol. The van der Waals surface area contributed by atoms with E-state index in [2.05, 4.69) is 10.1 Å². The Kier molecular flexibility index (Phi) is 6.11. The summed E-state index contributed by atoms with van der Waals surface area (Å²) in [6, 6.07) is 4.83. The number of methoxy groups -OCH3 is 1. The zero-order chi connectivity index (χ0) is 20.3. The van der Waals surface area contributed by atoms with Crippen LogP contribution in [0.2, 0.25) is 0 Å². The number of benzene rings is 1. The van der Waals surface area contributed by atoms with Gasteiger partial charge in [0, 0.05) is 17.5 Å². The highest BCUT2D eigenvalue weighted by molar-refractivity contribution is 5.96. The van der Waals surface area contributed by atoms with Crippen LogP contribution in [0.5, 0.6) is 0 Å². The molecule has 0 aromatic heterocycles. The molecule has 2 fully saturated rings. The van der Waals surface area contributed by atoms with Crippen molar-refractivity contribution in [2.24, 2.45) is 17.8 Å². The van der Waals surface area contributed by atoms with E-state index in [0.717, 1.165) is 24.8 Å². The first kappa shape index (κ1) is 20.0. The molecule has 2 aliphatic carbocycles. The highest BCUT2D eigenvalue weighted by Crippen LogP contribution is 2.40. The lowest BCUT2D eigenvalue weighted by molar-refractivity contribution is -0.155. The number of anilines is 1. The number of nitrogens with one attached hydrogen (secondary N) is 1. The minimum absolute atomic E-state index is 0.0393. The molecule has 1 aromatic rings. The first-order valence-corrected chi connectivity index (χ1v) is 9.58. The van der Waals surface area contributed by atoms with E-state index in [1.54, 1.807) is 19.1 Å². The van der Waals surface area contributed by atoms with Gasteiger partial charge in [0.05, 0.1) is 18.6 Å². The van der Waals surface area contributed by atoms with E-state index >= 15 is 0 Å².